The molecule has 3 heterocycles. The highest BCUT2D eigenvalue weighted by Gasteiger charge is 2.30. The summed E-state index contributed by atoms with van der Waals surface area (Å²) in [5.41, 5.74) is 3.91. The molecule has 1 fully saturated rings. The van der Waals surface area contributed by atoms with Crippen molar-refractivity contribution in [3.8, 4) is 0 Å². The minimum atomic E-state index is -0.160. The van der Waals surface area contributed by atoms with Crippen molar-refractivity contribution in [3.63, 3.8) is 0 Å². The van der Waals surface area contributed by atoms with Crippen molar-refractivity contribution in [3.05, 3.63) is 42.6 Å². The first-order chi connectivity index (χ1) is 11.7. The number of carbonyl (C=O) groups excluding carboxylic acids is 1. The highest BCUT2D eigenvalue weighted by atomic mass is 32.2. The number of nitrogens with zero attached hydrogens (tertiary/aromatic N) is 4. The van der Waals surface area contributed by atoms with Crippen molar-refractivity contribution in [1.82, 2.24) is 20.3 Å². The van der Waals surface area contributed by atoms with Crippen LogP contribution in [-0.4, -0.2) is 54.2 Å². The number of carbonyl (C=O) groups is 1. The lowest BCUT2D eigenvalue weighted by Crippen LogP contribution is -2.55. The minimum Gasteiger partial charge on any atom is -0.304 e. The summed E-state index contributed by atoms with van der Waals surface area (Å²) in [5, 5.41) is 1.98. The second-order valence-corrected chi connectivity index (χ2v) is 7.02. The number of anilines is 2. The van der Waals surface area contributed by atoms with Gasteiger partial charge >= 0.3 is 6.03 Å². The van der Waals surface area contributed by atoms with Gasteiger partial charge in [-0.3, -0.25) is 5.43 Å². The Hall–Kier alpha value is -2.09. The maximum absolute atomic E-state index is 13.0. The van der Waals surface area contributed by atoms with Crippen molar-refractivity contribution < 1.29 is 4.79 Å². The summed E-state index contributed by atoms with van der Waals surface area (Å²) < 4.78 is 0. The van der Waals surface area contributed by atoms with E-state index < -0.39 is 0 Å². The molecule has 2 aliphatic rings. The Kier molecular flexibility index (Phi) is 4.13. The average molecular weight is 341 g/mol. The Morgan fingerprint density at radius 2 is 1.83 bits per heavy atom. The van der Waals surface area contributed by atoms with E-state index in [-0.39, 0.29) is 6.03 Å². The Morgan fingerprint density at radius 1 is 1.08 bits per heavy atom. The van der Waals surface area contributed by atoms with E-state index in [0.717, 1.165) is 41.7 Å². The molecule has 0 saturated carbocycles. The summed E-state index contributed by atoms with van der Waals surface area (Å²) in [6.07, 6.45) is 1.73. The SMILES string of the molecule is CN1CCN(NC(=O)N2c3ccccc3Sc3cccnc32)CC1. The number of benzene rings is 1. The third-order valence-electron chi connectivity index (χ3n) is 4.25. The van der Waals surface area contributed by atoms with E-state index in [0.29, 0.717) is 5.82 Å². The van der Waals surface area contributed by atoms with Crippen LogP contribution in [0.15, 0.2) is 52.4 Å². The van der Waals surface area contributed by atoms with E-state index in [4.69, 9.17) is 0 Å². The van der Waals surface area contributed by atoms with Gasteiger partial charge in [0.25, 0.3) is 0 Å². The monoisotopic (exact) mass is 341 g/mol. The largest absolute Gasteiger partial charge is 0.342 e. The molecule has 0 aliphatic carbocycles. The van der Waals surface area contributed by atoms with Crippen LogP contribution < -0.4 is 10.3 Å². The zero-order chi connectivity index (χ0) is 16.5. The van der Waals surface area contributed by atoms with E-state index in [1.807, 2.05) is 41.4 Å². The van der Waals surface area contributed by atoms with Crippen LogP contribution in [-0.2, 0) is 0 Å². The second-order valence-electron chi connectivity index (χ2n) is 5.94. The first kappa shape index (κ1) is 15.4. The fraction of sp³-hybridized carbons (Fsp3) is 0.294. The second kappa shape index (κ2) is 6.43. The van der Waals surface area contributed by atoms with E-state index in [1.165, 1.54) is 0 Å². The lowest BCUT2D eigenvalue weighted by molar-refractivity contribution is 0.115. The minimum absolute atomic E-state index is 0.160. The first-order valence-electron chi connectivity index (χ1n) is 7.98. The van der Waals surface area contributed by atoms with E-state index in [2.05, 4.69) is 22.4 Å². The van der Waals surface area contributed by atoms with Gasteiger partial charge < -0.3 is 4.90 Å². The van der Waals surface area contributed by atoms with Crippen LogP contribution in [0.1, 0.15) is 0 Å². The van der Waals surface area contributed by atoms with Gasteiger partial charge in [-0.1, -0.05) is 23.9 Å². The lowest BCUT2D eigenvalue weighted by atomic mass is 10.2. The number of piperazine rings is 1. The fourth-order valence-electron chi connectivity index (χ4n) is 2.90. The number of urea groups is 1. The summed E-state index contributed by atoms with van der Waals surface area (Å²) in [4.78, 5) is 23.4. The predicted octanol–water partition coefficient (Wildman–Crippen LogP) is 2.56. The number of amides is 2. The molecule has 0 atom stereocenters. The smallest absolute Gasteiger partial charge is 0.304 e. The van der Waals surface area contributed by atoms with Crippen LogP contribution in [0.5, 0.6) is 0 Å². The molecule has 6 nitrogen and oxygen atoms in total. The molecule has 1 saturated heterocycles. The number of hydrazine groups is 1. The molecule has 0 unspecified atom stereocenters. The topological polar surface area (TPSA) is 51.7 Å². The molecule has 0 radical (unpaired) electrons. The fourth-order valence-corrected chi connectivity index (χ4v) is 3.93. The van der Waals surface area contributed by atoms with E-state index in [9.17, 15) is 4.79 Å². The average Bonchev–Trinajstić information content (AvgIpc) is 2.61. The van der Waals surface area contributed by atoms with Crippen molar-refractivity contribution in [2.45, 2.75) is 9.79 Å². The molecule has 2 aromatic rings. The first-order valence-corrected chi connectivity index (χ1v) is 8.80. The highest BCUT2D eigenvalue weighted by molar-refractivity contribution is 7.99. The normalized spacial score (nSPS) is 18.0. The molecule has 7 heteroatoms. The number of rotatable bonds is 1. The van der Waals surface area contributed by atoms with Gasteiger partial charge in [-0.05, 0) is 31.3 Å². The molecule has 0 bridgehead atoms. The predicted molar refractivity (Wildman–Crippen MR) is 94.5 cm³/mol. The van der Waals surface area contributed by atoms with E-state index >= 15 is 0 Å². The molecular formula is C17H19N5OS. The summed E-state index contributed by atoms with van der Waals surface area (Å²) in [6.45, 7) is 3.53. The van der Waals surface area contributed by atoms with Gasteiger partial charge in [0.05, 0.1) is 10.6 Å². The highest BCUT2D eigenvalue weighted by Crippen LogP contribution is 2.46. The molecule has 2 aliphatic heterocycles. The molecule has 24 heavy (non-hydrogen) atoms. The number of para-hydroxylation sites is 1. The van der Waals surface area contributed by atoms with Crippen molar-refractivity contribution in [2.75, 3.05) is 38.1 Å². The quantitative estimate of drug-likeness (QED) is 0.864. The maximum atomic E-state index is 13.0. The van der Waals surface area contributed by atoms with Gasteiger partial charge in [0.2, 0.25) is 0 Å². The molecule has 1 aromatic carbocycles. The van der Waals surface area contributed by atoms with Gasteiger partial charge in [0.1, 0.15) is 0 Å². The summed E-state index contributed by atoms with van der Waals surface area (Å²) in [5.74, 6) is 0.688. The van der Waals surface area contributed by atoms with Crippen LogP contribution in [0, 0.1) is 0 Å². The maximum Gasteiger partial charge on any atom is 0.342 e. The molecule has 4 rings (SSSR count). The van der Waals surface area contributed by atoms with Crippen LogP contribution in [0.3, 0.4) is 0 Å². The van der Waals surface area contributed by atoms with Crippen molar-refractivity contribution >= 4 is 29.3 Å². The van der Waals surface area contributed by atoms with Crippen LogP contribution in [0.4, 0.5) is 16.3 Å². The van der Waals surface area contributed by atoms with Gasteiger partial charge in [0, 0.05) is 37.3 Å². The molecule has 0 spiro atoms. The Labute approximate surface area is 145 Å². The van der Waals surface area contributed by atoms with Gasteiger partial charge in [-0.25, -0.2) is 19.7 Å². The number of aromatic nitrogens is 1. The zero-order valence-corrected chi connectivity index (χ0v) is 14.3. The number of pyridine rings is 1. The summed E-state index contributed by atoms with van der Waals surface area (Å²) in [6, 6.07) is 11.7. The Bertz CT molecular complexity index is 715. The lowest BCUT2D eigenvalue weighted by Gasteiger charge is -2.35. The standard InChI is InChI=1S/C17H19N5OS/c1-20-9-11-21(12-10-20)19-17(23)22-13-5-2-3-6-14(13)24-15-7-4-8-18-16(15)22/h2-8H,9-12H2,1H3,(H,19,23). The Balaban J connectivity index is 1.63. The molecule has 2 amide bonds. The van der Waals surface area contributed by atoms with Gasteiger partial charge in [0.15, 0.2) is 5.82 Å². The third kappa shape index (κ3) is 2.86. The van der Waals surface area contributed by atoms with E-state index in [1.54, 1.807) is 22.9 Å². The summed E-state index contributed by atoms with van der Waals surface area (Å²) in [7, 11) is 2.09. The number of likely N-dealkylation sites (N-methyl/N-ethyl adjacent to an activating group) is 1. The number of hydrogen-bond acceptors (Lipinski definition) is 5. The number of nitrogens with one attached hydrogen (secondary N) is 1. The Morgan fingerprint density at radius 3 is 2.67 bits per heavy atom. The number of fused-ring (bicyclic) bond motifs is 2. The number of hydrogen-bond donors (Lipinski definition) is 1. The van der Waals surface area contributed by atoms with Crippen LogP contribution in [0.2, 0.25) is 0 Å². The van der Waals surface area contributed by atoms with Crippen LogP contribution >= 0.6 is 11.8 Å². The third-order valence-corrected chi connectivity index (χ3v) is 5.35. The molecule has 124 valence electrons. The molecular weight excluding hydrogens is 322 g/mol. The van der Waals surface area contributed by atoms with Crippen LogP contribution in [0.25, 0.3) is 0 Å². The van der Waals surface area contributed by atoms with Crippen molar-refractivity contribution in [2.24, 2.45) is 0 Å². The summed E-state index contributed by atoms with van der Waals surface area (Å²) >= 11 is 1.65. The zero-order valence-electron chi connectivity index (χ0n) is 13.5. The van der Waals surface area contributed by atoms with Gasteiger partial charge in [-0.2, -0.15) is 0 Å². The molecule has 1 N–H and O–H groups in total. The molecule has 1 aromatic heterocycles. The van der Waals surface area contributed by atoms with Crippen molar-refractivity contribution in [1.29, 1.82) is 0 Å². The van der Waals surface area contributed by atoms with Gasteiger partial charge in [-0.15, -0.1) is 0 Å².